The van der Waals surface area contributed by atoms with Crippen molar-refractivity contribution in [3.63, 3.8) is 0 Å². The predicted octanol–water partition coefficient (Wildman–Crippen LogP) is 8.41. The summed E-state index contributed by atoms with van der Waals surface area (Å²) in [7, 11) is 3.08. The zero-order valence-electron chi connectivity index (χ0n) is 29.2. The summed E-state index contributed by atoms with van der Waals surface area (Å²) < 4.78 is 72.1. The van der Waals surface area contributed by atoms with E-state index in [0.29, 0.717) is 24.3 Å². The molecule has 5 heterocycles. The van der Waals surface area contributed by atoms with Crippen LogP contribution in [-0.4, -0.2) is 75.4 Å². The number of aromatic nitrogens is 4. The molecule has 2 bridgehead atoms. The lowest BCUT2D eigenvalue weighted by Crippen LogP contribution is -2.55. The minimum absolute atomic E-state index is 0.0624. The molecule has 1 amide bonds. The maximum absolute atomic E-state index is 16.8. The Morgan fingerprint density at radius 2 is 1.44 bits per heavy atom. The topological polar surface area (TPSA) is 117 Å². The Morgan fingerprint density at radius 3 is 1.94 bits per heavy atom. The highest BCUT2D eigenvalue weighted by Gasteiger charge is 2.44. The molecule has 282 valence electrons. The number of amides is 1. The number of carbonyl (C=O) groups is 1. The van der Waals surface area contributed by atoms with E-state index >= 15 is 4.39 Å². The number of rotatable bonds is 9. The molecule has 2 aromatic carbocycles. The molecule has 3 aromatic heterocycles. The monoisotopic (exact) mass is 785 g/mol. The number of alkyl halides is 3. The van der Waals surface area contributed by atoms with Gasteiger partial charge in [-0.05, 0) is 78.4 Å². The van der Waals surface area contributed by atoms with Crippen LogP contribution < -0.4 is 19.3 Å². The number of fused-ring (bicyclic) bond motifs is 3. The number of methoxy groups -OCH3 is 2. The average molecular weight is 787 g/mol. The third kappa shape index (κ3) is 7.09. The number of carboxylic acid groups (broad SMARTS) is 1. The molecule has 2 atom stereocenters. The highest BCUT2D eigenvalue weighted by molar-refractivity contribution is 6.36. The van der Waals surface area contributed by atoms with E-state index in [2.05, 4.69) is 19.9 Å². The Balaban J connectivity index is 1.36. The average Bonchev–Trinajstić information content (AvgIpc) is 3.41. The van der Waals surface area contributed by atoms with Gasteiger partial charge >= 0.3 is 12.3 Å². The van der Waals surface area contributed by atoms with Crippen molar-refractivity contribution in [1.29, 1.82) is 0 Å². The van der Waals surface area contributed by atoms with Gasteiger partial charge in [0.25, 0.3) is 0 Å². The van der Waals surface area contributed by atoms with Gasteiger partial charge in [-0.3, -0.25) is 4.90 Å². The number of anilines is 2. The van der Waals surface area contributed by atoms with Gasteiger partial charge in [-0.2, -0.15) is 18.2 Å². The van der Waals surface area contributed by atoms with Gasteiger partial charge < -0.3 is 24.4 Å². The second-order valence-electron chi connectivity index (χ2n) is 13.2. The van der Waals surface area contributed by atoms with E-state index in [0.717, 1.165) is 11.1 Å². The van der Waals surface area contributed by atoms with Crippen LogP contribution in [0.3, 0.4) is 0 Å². The van der Waals surface area contributed by atoms with Gasteiger partial charge in [0.1, 0.15) is 45.2 Å². The molecule has 54 heavy (non-hydrogen) atoms. The standard InChI is InChI=1S/C37H33Cl2F4N7O4/c1-19-14-26(48(15-20-4-10-24(53-2)11-5-20)16-21-6-12-25(54-3)13-7-21)44-31(28(19)37(41,42)43)32-29(40)30-27(33(38)45-32)34(47-35(39)46-30)49-17-22-8-9-23(18-49)50(22)36(51)52/h4-7,10-14,22-23H,8-9,15-18H2,1-3H3,(H,51,52)/t22-,23+. The molecule has 17 heteroatoms. The summed E-state index contributed by atoms with van der Waals surface area (Å²) in [6, 6.07) is 15.0. The number of pyridine rings is 2. The zero-order chi connectivity index (χ0) is 38.5. The van der Waals surface area contributed by atoms with Gasteiger partial charge in [0.05, 0.1) is 37.3 Å². The number of halogens is 6. The van der Waals surface area contributed by atoms with E-state index in [9.17, 15) is 23.1 Å². The van der Waals surface area contributed by atoms with Crippen molar-refractivity contribution >= 4 is 51.8 Å². The maximum Gasteiger partial charge on any atom is 0.418 e. The van der Waals surface area contributed by atoms with Gasteiger partial charge in [0.15, 0.2) is 5.82 Å². The highest BCUT2D eigenvalue weighted by atomic mass is 35.5. The predicted molar refractivity (Wildman–Crippen MR) is 195 cm³/mol. The number of hydrogen-bond acceptors (Lipinski definition) is 9. The molecule has 0 spiro atoms. The molecular weight excluding hydrogens is 753 g/mol. The van der Waals surface area contributed by atoms with Crippen molar-refractivity contribution in [3.8, 4) is 22.9 Å². The molecule has 2 aliphatic rings. The van der Waals surface area contributed by atoms with Crippen LogP contribution in [0.15, 0.2) is 54.6 Å². The Morgan fingerprint density at radius 1 is 0.889 bits per heavy atom. The summed E-state index contributed by atoms with van der Waals surface area (Å²) in [5.41, 5.74) is -1.79. The van der Waals surface area contributed by atoms with E-state index in [1.54, 1.807) is 48.3 Å². The van der Waals surface area contributed by atoms with Crippen LogP contribution in [0.4, 0.5) is 34.0 Å². The summed E-state index contributed by atoms with van der Waals surface area (Å²) in [4.78, 5) is 33.9. The van der Waals surface area contributed by atoms with E-state index in [4.69, 9.17) is 32.7 Å². The van der Waals surface area contributed by atoms with Crippen molar-refractivity contribution in [2.45, 2.75) is 51.1 Å². The lowest BCUT2D eigenvalue weighted by Gasteiger charge is -2.40. The van der Waals surface area contributed by atoms with Gasteiger partial charge in [0.2, 0.25) is 5.28 Å². The summed E-state index contributed by atoms with van der Waals surface area (Å²) in [6.45, 7) is 2.13. The maximum atomic E-state index is 16.8. The smallest absolute Gasteiger partial charge is 0.418 e. The minimum Gasteiger partial charge on any atom is -0.497 e. The van der Waals surface area contributed by atoms with Crippen molar-refractivity contribution in [1.82, 2.24) is 24.8 Å². The van der Waals surface area contributed by atoms with Crippen LogP contribution in [0.1, 0.15) is 35.1 Å². The molecule has 0 aliphatic carbocycles. The first kappa shape index (κ1) is 37.2. The summed E-state index contributed by atoms with van der Waals surface area (Å²) in [6.07, 6.45) is -4.77. The summed E-state index contributed by atoms with van der Waals surface area (Å²) in [5, 5.41) is 8.92. The fourth-order valence-corrected chi connectivity index (χ4v) is 7.75. The molecule has 0 unspecified atom stereocenters. The van der Waals surface area contributed by atoms with E-state index in [1.807, 2.05) is 24.3 Å². The lowest BCUT2D eigenvalue weighted by molar-refractivity contribution is -0.137. The largest absolute Gasteiger partial charge is 0.497 e. The van der Waals surface area contributed by atoms with Crippen LogP contribution in [0, 0.1) is 12.7 Å². The Hall–Kier alpha value is -5.15. The first-order chi connectivity index (χ1) is 25.7. The highest BCUT2D eigenvalue weighted by Crippen LogP contribution is 2.44. The van der Waals surface area contributed by atoms with Crippen molar-refractivity contribution in [3.05, 3.63) is 93.1 Å². The number of nitrogens with zero attached hydrogens (tertiary/aromatic N) is 7. The van der Waals surface area contributed by atoms with Crippen molar-refractivity contribution in [2.24, 2.45) is 0 Å². The molecule has 7 rings (SSSR count). The number of piperazine rings is 1. The Bertz CT molecular complexity index is 2170. The van der Waals surface area contributed by atoms with Gasteiger partial charge in [-0.1, -0.05) is 35.9 Å². The van der Waals surface area contributed by atoms with E-state index in [1.165, 1.54) is 17.9 Å². The van der Waals surface area contributed by atoms with Gasteiger partial charge in [-0.15, -0.1) is 0 Å². The van der Waals surface area contributed by atoms with Crippen LogP contribution in [-0.2, 0) is 19.3 Å². The fraction of sp³-hybridized carbons (Fsp3) is 0.324. The lowest BCUT2D eigenvalue weighted by atomic mass is 10.0. The Kier molecular flexibility index (Phi) is 10.0. The fourth-order valence-electron chi connectivity index (χ4n) is 7.33. The van der Waals surface area contributed by atoms with Crippen LogP contribution in [0.2, 0.25) is 10.4 Å². The zero-order valence-corrected chi connectivity index (χ0v) is 30.7. The molecular formula is C37H33Cl2F4N7O4. The van der Waals surface area contributed by atoms with Crippen molar-refractivity contribution in [2.75, 3.05) is 37.1 Å². The van der Waals surface area contributed by atoms with E-state index < -0.39 is 40.6 Å². The number of aryl methyl sites for hydroxylation is 1. The molecule has 2 aliphatic heterocycles. The summed E-state index contributed by atoms with van der Waals surface area (Å²) in [5.74, 6) is 0.256. The van der Waals surface area contributed by atoms with E-state index in [-0.39, 0.29) is 71.3 Å². The number of benzene rings is 2. The molecule has 2 fully saturated rings. The minimum atomic E-state index is -4.96. The third-order valence-electron chi connectivity index (χ3n) is 9.80. The SMILES string of the molecule is COc1ccc(CN(Cc2ccc(OC)cc2)c2cc(C)c(C(F)(F)F)c(-c3nc(Cl)c4c(N5C[C@H]6CC[C@@H](C5)N6C(=O)O)nc(Cl)nc4c3F)n2)cc1. The third-order valence-corrected chi connectivity index (χ3v) is 10.2. The van der Waals surface area contributed by atoms with Crippen LogP contribution in [0.25, 0.3) is 22.3 Å². The normalized spacial score (nSPS) is 16.9. The van der Waals surface area contributed by atoms with Crippen LogP contribution >= 0.6 is 23.2 Å². The molecule has 11 nitrogen and oxygen atoms in total. The molecule has 0 radical (unpaired) electrons. The number of hydrogen-bond donors (Lipinski definition) is 1. The van der Waals surface area contributed by atoms with Gasteiger partial charge in [0, 0.05) is 26.2 Å². The first-order valence-corrected chi connectivity index (χ1v) is 17.6. The molecule has 5 aromatic rings. The quantitative estimate of drug-likeness (QED) is 0.0887. The van der Waals surface area contributed by atoms with Gasteiger partial charge in [-0.25, -0.2) is 24.1 Å². The van der Waals surface area contributed by atoms with Crippen molar-refractivity contribution < 1.29 is 36.9 Å². The molecule has 0 saturated carbocycles. The molecule has 1 N–H and O–H groups in total. The summed E-state index contributed by atoms with van der Waals surface area (Å²) >= 11 is 13.0. The second kappa shape index (κ2) is 14.6. The first-order valence-electron chi connectivity index (χ1n) is 16.8. The second-order valence-corrected chi connectivity index (χ2v) is 13.9. The van der Waals surface area contributed by atoms with Crippen LogP contribution in [0.5, 0.6) is 11.5 Å². The Labute approximate surface area is 317 Å². The molecule has 2 saturated heterocycles. The number of ether oxygens (including phenoxy) is 2.